The zero-order valence-corrected chi connectivity index (χ0v) is 11.3. The van der Waals surface area contributed by atoms with Crippen LogP contribution in [0, 0.1) is 0 Å². The number of aliphatic hydroxyl groups is 1. The molecule has 0 fully saturated rings. The van der Waals surface area contributed by atoms with Crippen molar-refractivity contribution in [2.24, 2.45) is 0 Å². The third-order valence-electron chi connectivity index (χ3n) is 3.69. The van der Waals surface area contributed by atoms with Gasteiger partial charge in [-0.1, -0.05) is 60.7 Å². The zero-order chi connectivity index (χ0) is 13.8. The number of hydrogen-bond donors (Lipinski definition) is 1. The van der Waals surface area contributed by atoms with Crippen LogP contribution in [0.3, 0.4) is 0 Å². The first-order chi connectivity index (χ1) is 9.84. The lowest BCUT2D eigenvalue weighted by molar-refractivity contribution is 0.00939. The number of rotatable bonds is 2. The zero-order valence-electron chi connectivity index (χ0n) is 11.3. The first kappa shape index (κ1) is 12.9. The highest BCUT2D eigenvalue weighted by atomic mass is 16.5. The molecule has 1 N–H and O–H groups in total. The number of benzene rings is 2. The Bertz CT molecular complexity index is 575. The standard InChI is InChI=1S/C18H18O2/c19-17-12-11-16(14-7-3-1-4-8-14)13-20-18(17)15-9-5-2-6-10-15/h1-10,13,17-19H,11-12H2. The monoisotopic (exact) mass is 266 g/mol. The molecule has 0 amide bonds. The van der Waals surface area contributed by atoms with Gasteiger partial charge in [0.15, 0.2) is 0 Å². The predicted octanol–water partition coefficient (Wildman–Crippen LogP) is 3.94. The van der Waals surface area contributed by atoms with E-state index in [4.69, 9.17) is 4.74 Å². The highest BCUT2D eigenvalue weighted by Crippen LogP contribution is 2.32. The summed E-state index contributed by atoms with van der Waals surface area (Å²) in [5.41, 5.74) is 3.32. The summed E-state index contributed by atoms with van der Waals surface area (Å²) in [5, 5.41) is 10.3. The second-order valence-electron chi connectivity index (χ2n) is 5.08. The summed E-state index contributed by atoms with van der Waals surface area (Å²) in [6, 6.07) is 20.1. The van der Waals surface area contributed by atoms with Crippen molar-refractivity contribution in [2.75, 3.05) is 0 Å². The van der Waals surface area contributed by atoms with Crippen molar-refractivity contribution in [1.29, 1.82) is 0 Å². The summed E-state index contributed by atoms with van der Waals surface area (Å²) in [4.78, 5) is 0. The molecule has 2 unspecified atom stereocenters. The maximum atomic E-state index is 10.3. The lowest BCUT2D eigenvalue weighted by atomic mass is 9.97. The number of ether oxygens (including phenoxy) is 1. The van der Waals surface area contributed by atoms with E-state index < -0.39 is 6.10 Å². The minimum Gasteiger partial charge on any atom is -0.490 e. The van der Waals surface area contributed by atoms with Crippen LogP contribution in [0.5, 0.6) is 0 Å². The maximum absolute atomic E-state index is 10.3. The lowest BCUT2D eigenvalue weighted by Crippen LogP contribution is -2.18. The first-order valence-corrected chi connectivity index (χ1v) is 6.97. The van der Waals surface area contributed by atoms with E-state index in [0.29, 0.717) is 6.42 Å². The molecule has 2 aromatic carbocycles. The topological polar surface area (TPSA) is 29.5 Å². The van der Waals surface area contributed by atoms with E-state index in [-0.39, 0.29) is 6.10 Å². The molecule has 0 saturated heterocycles. The van der Waals surface area contributed by atoms with Crippen molar-refractivity contribution in [3.05, 3.63) is 78.1 Å². The summed E-state index contributed by atoms with van der Waals surface area (Å²) in [6.45, 7) is 0. The summed E-state index contributed by atoms with van der Waals surface area (Å²) >= 11 is 0. The van der Waals surface area contributed by atoms with E-state index in [9.17, 15) is 5.11 Å². The van der Waals surface area contributed by atoms with Gasteiger partial charge >= 0.3 is 0 Å². The smallest absolute Gasteiger partial charge is 0.149 e. The second-order valence-corrected chi connectivity index (χ2v) is 5.08. The molecule has 1 heterocycles. The van der Waals surface area contributed by atoms with Gasteiger partial charge in [-0.15, -0.1) is 0 Å². The third kappa shape index (κ3) is 2.75. The van der Waals surface area contributed by atoms with Crippen molar-refractivity contribution < 1.29 is 9.84 Å². The Hall–Kier alpha value is -2.06. The molecule has 2 atom stereocenters. The Balaban J connectivity index is 1.85. The Morgan fingerprint density at radius 3 is 2.25 bits per heavy atom. The Kier molecular flexibility index (Phi) is 3.84. The maximum Gasteiger partial charge on any atom is 0.149 e. The van der Waals surface area contributed by atoms with Crippen molar-refractivity contribution in [2.45, 2.75) is 25.0 Å². The van der Waals surface area contributed by atoms with Crippen LogP contribution in [0.25, 0.3) is 5.57 Å². The molecular formula is C18H18O2. The van der Waals surface area contributed by atoms with E-state index in [0.717, 1.165) is 23.1 Å². The van der Waals surface area contributed by atoms with Crippen LogP contribution in [0.2, 0.25) is 0 Å². The highest BCUT2D eigenvalue weighted by molar-refractivity contribution is 5.64. The van der Waals surface area contributed by atoms with E-state index in [1.165, 1.54) is 0 Å². The number of aliphatic hydroxyl groups excluding tert-OH is 1. The van der Waals surface area contributed by atoms with Gasteiger partial charge in [-0.2, -0.15) is 0 Å². The number of allylic oxidation sites excluding steroid dienone is 1. The van der Waals surface area contributed by atoms with Gasteiger partial charge in [-0.25, -0.2) is 0 Å². The van der Waals surface area contributed by atoms with Gasteiger partial charge < -0.3 is 9.84 Å². The van der Waals surface area contributed by atoms with Gasteiger partial charge in [-0.05, 0) is 29.5 Å². The molecule has 2 heteroatoms. The molecule has 1 aliphatic rings. The van der Waals surface area contributed by atoms with Gasteiger partial charge in [0.25, 0.3) is 0 Å². The van der Waals surface area contributed by atoms with Crippen LogP contribution >= 0.6 is 0 Å². The molecule has 20 heavy (non-hydrogen) atoms. The predicted molar refractivity (Wildman–Crippen MR) is 79.9 cm³/mol. The molecule has 0 aliphatic carbocycles. The SMILES string of the molecule is OC1CCC(c2ccccc2)=COC1c1ccccc1. The third-order valence-corrected chi connectivity index (χ3v) is 3.69. The minimum atomic E-state index is -0.477. The van der Waals surface area contributed by atoms with Crippen LogP contribution in [0.15, 0.2) is 66.9 Å². The molecule has 102 valence electrons. The lowest BCUT2D eigenvalue weighted by Gasteiger charge is -2.20. The Labute approximate surface area is 119 Å². The molecular weight excluding hydrogens is 248 g/mol. The van der Waals surface area contributed by atoms with Crippen molar-refractivity contribution in [1.82, 2.24) is 0 Å². The normalized spacial score (nSPS) is 22.6. The first-order valence-electron chi connectivity index (χ1n) is 6.97. The van der Waals surface area contributed by atoms with Crippen LogP contribution in [0.1, 0.15) is 30.1 Å². The fourth-order valence-corrected chi connectivity index (χ4v) is 2.57. The molecule has 3 rings (SSSR count). The fraction of sp³-hybridized carbons (Fsp3) is 0.222. The molecule has 1 aliphatic heterocycles. The van der Waals surface area contributed by atoms with E-state index in [2.05, 4.69) is 12.1 Å². The Morgan fingerprint density at radius 1 is 0.900 bits per heavy atom. The van der Waals surface area contributed by atoms with Gasteiger partial charge in [-0.3, -0.25) is 0 Å². The average Bonchev–Trinajstić information content (AvgIpc) is 2.71. The van der Waals surface area contributed by atoms with E-state index >= 15 is 0 Å². The van der Waals surface area contributed by atoms with Crippen LogP contribution in [0.4, 0.5) is 0 Å². The quantitative estimate of drug-likeness (QED) is 0.892. The van der Waals surface area contributed by atoms with Gasteiger partial charge in [0.2, 0.25) is 0 Å². The van der Waals surface area contributed by atoms with Crippen LogP contribution in [-0.2, 0) is 4.74 Å². The van der Waals surface area contributed by atoms with Crippen molar-refractivity contribution in [3.8, 4) is 0 Å². The summed E-state index contributed by atoms with van der Waals surface area (Å²) in [7, 11) is 0. The second kappa shape index (κ2) is 5.93. The van der Waals surface area contributed by atoms with Crippen molar-refractivity contribution >= 4 is 5.57 Å². The summed E-state index contributed by atoms with van der Waals surface area (Å²) < 4.78 is 5.86. The van der Waals surface area contributed by atoms with Crippen LogP contribution < -0.4 is 0 Å². The van der Waals surface area contributed by atoms with Gasteiger partial charge in [0.1, 0.15) is 6.10 Å². The minimum absolute atomic E-state index is 0.280. The summed E-state index contributed by atoms with van der Waals surface area (Å²) in [5.74, 6) is 0. The molecule has 0 bridgehead atoms. The van der Waals surface area contributed by atoms with E-state index in [1.807, 2.05) is 54.8 Å². The molecule has 2 nitrogen and oxygen atoms in total. The molecule has 0 radical (unpaired) electrons. The number of hydrogen-bond acceptors (Lipinski definition) is 2. The van der Waals surface area contributed by atoms with E-state index in [1.54, 1.807) is 0 Å². The molecule has 0 aromatic heterocycles. The van der Waals surface area contributed by atoms with Gasteiger partial charge in [0.05, 0.1) is 12.4 Å². The molecule has 0 saturated carbocycles. The Morgan fingerprint density at radius 2 is 1.55 bits per heavy atom. The largest absolute Gasteiger partial charge is 0.490 e. The van der Waals surface area contributed by atoms with Crippen LogP contribution in [-0.4, -0.2) is 11.2 Å². The summed E-state index contributed by atoms with van der Waals surface area (Å²) in [6.07, 6.45) is 2.59. The average molecular weight is 266 g/mol. The highest BCUT2D eigenvalue weighted by Gasteiger charge is 2.25. The van der Waals surface area contributed by atoms with Gasteiger partial charge in [0, 0.05) is 0 Å². The van der Waals surface area contributed by atoms with Crippen molar-refractivity contribution in [3.63, 3.8) is 0 Å². The molecule has 0 spiro atoms. The fourth-order valence-electron chi connectivity index (χ4n) is 2.57. The molecule has 2 aromatic rings.